The first-order chi connectivity index (χ1) is 19.0. The lowest BCUT2D eigenvalue weighted by Gasteiger charge is -2.15. The van der Waals surface area contributed by atoms with E-state index in [0.717, 1.165) is 44.0 Å². The molecule has 1 amide bonds. The topological polar surface area (TPSA) is 97.2 Å². The van der Waals surface area contributed by atoms with E-state index < -0.39 is 0 Å². The average molecular weight is 538 g/mol. The predicted octanol–water partition coefficient (Wildman–Crippen LogP) is 4.61. The molecule has 0 spiro atoms. The Morgan fingerprint density at radius 1 is 1.21 bits per heavy atom. The normalized spacial score (nSPS) is 16.7. The van der Waals surface area contributed by atoms with Crippen LogP contribution in [0.3, 0.4) is 0 Å². The highest BCUT2D eigenvalue weighted by atomic mass is 32.1. The first-order valence-electron chi connectivity index (χ1n) is 12.7. The van der Waals surface area contributed by atoms with Crippen molar-refractivity contribution in [1.82, 2.24) is 30.0 Å². The van der Waals surface area contributed by atoms with Crippen molar-refractivity contribution in [2.45, 2.75) is 25.1 Å². The molecular weight excluding hydrogens is 510 g/mol. The van der Waals surface area contributed by atoms with Gasteiger partial charge in [-0.25, -0.2) is 14.8 Å². The molecule has 196 valence electrons. The molecule has 3 aromatic heterocycles. The number of hydrogen-bond donors (Lipinski definition) is 2. The largest absolute Gasteiger partial charge is 0.445 e. The second-order valence-electron chi connectivity index (χ2n) is 9.60. The first-order valence-corrected chi connectivity index (χ1v) is 13.5. The van der Waals surface area contributed by atoms with Crippen molar-refractivity contribution in [2.75, 3.05) is 26.0 Å². The molecule has 1 aliphatic heterocycles. The van der Waals surface area contributed by atoms with E-state index in [9.17, 15) is 4.79 Å². The summed E-state index contributed by atoms with van der Waals surface area (Å²) in [6.07, 6.45) is 3.61. The number of benzene rings is 2. The number of hydrogen-bond acceptors (Lipinski definition) is 8. The fourth-order valence-corrected chi connectivity index (χ4v) is 5.37. The van der Waals surface area contributed by atoms with Gasteiger partial charge in [-0.3, -0.25) is 10.00 Å². The Labute approximate surface area is 229 Å². The van der Waals surface area contributed by atoms with Gasteiger partial charge in [0, 0.05) is 38.1 Å². The van der Waals surface area contributed by atoms with E-state index in [1.54, 1.807) is 20.4 Å². The van der Waals surface area contributed by atoms with Crippen molar-refractivity contribution in [3.8, 4) is 11.8 Å². The van der Waals surface area contributed by atoms with Crippen LogP contribution < -0.4 is 10.6 Å². The molecule has 2 aromatic carbocycles. The zero-order chi connectivity index (χ0) is 26.8. The monoisotopic (exact) mass is 537 g/mol. The molecule has 2 N–H and O–H groups in total. The zero-order valence-electron chi connectivity index (χ0n) is 21.6. The quantitative estimate of drug-likeness (QED) is 0.316. The molecule has 0 aliphatic carbocycles. The number of ether oxygens (including phenoxy) is 1. The summed E-state index contributed by atoms with van der Waals surface area (Å²) in [4.78, 5) is 23.9. The molecule has 1 fully saturated rings. The fraction of sp³-hybridized carbons (Fsp3) is 0.241. The molecule has 5 aromatic rings. The standard InChI is InChI=1S/C29H27N7O2S/c1-35(2)29(37)38-23-13-21(30-16-23)8-10-24-14-25-27(31-18-32-28(25)39-24)34-22-9-11-26-20(12-22)15-33-36(26)17-19-6-4-3-5-7-19/h3-7,9,11-12,14-15,18,21,23,30H,13,16-17H2,1-2H3,(H,31,32,34)/t21-,23+/m0/s1. The molecule has 0 bridgehead atoms. The summed E-state index contributed by atoms with van der Waals surface area (Å²) in [5, 5.41) is 13.3. The van der Waals surface area contributed by atoms with Gasteiger partial charge in [0.2, 0.25) is 0 Å². The number of amides is 1. The summed E-state index contributed by atoms with van der Waals surface area (Å²) in [5.41, 5.74) is 3.21. The van der Waals surface area contributed by atoms with Crippen molar-refractivity contribution in [3.05, 3.63) is 77.6 Å². The highest BCUT2D eigenvalue weighted by molar-refractivity contribution is 7.19. The van der Waals surface area contributed by atoms with Gasteiger partial charge in [0.25, 0.3) is 0 Å². The van der Waals surface area contributed by atoms with E-state index in [4.69, 9.17) is 4.74 Å². The van der Waals surface area contributed by atoms with Crippen molar-refractivity contribution in [2.24, 2.45) is 0 Å². The van der Waals surface area contributed by atoms with Crippen molar-refractivity contribution in [1.29, 1.82) is 0 Å². The van der Waals surface area contributed by atoms with Gasteiger partial charge in [-0.2, -0.15) is 5.10 Å². The van der Waals surface area contributed by atoms with E-state index in [1.807, 2.05) is 41.2 Å². The van der Waals surface area contributed by atoms with Crippen LogP contribution in [-0.2, 0) is 11.3 Å². The SMILES string of the molecule is CN(C)C(=O)O[C@H]1CN[C@@H](C#Cc2cc3c(Nc4ccc5c(cnn5Cc5ccccc5)c4)ncnc3s2)C1. The van der Waals surface area contributed by atoms with Gasteiger partial charge in [-0.1, -0.05) is 42.2 Å². The van der Waals surface area contributed by atoms with Gasteiger partial charge in [0.05, 0.1) is 34.6 Å². The minimum Gasteiger partial charge on any atom is -0.445 e. The van der Waals surface area contributed by atoms with Crippen LogP contribution in [-0.4, -0.2) is 63.5 Å². The van der Waals surface area contributed by atoms with Gasteiger partial charge in [0.1, 0.15) is 23.1 Å². The van der Waals surface area contributed by atoms with Gasteiger partial charge < -0.3 is 15.0 Å². The summed E-state index contributed by atoms with van der Waals surface area (Å²) < 4.78 is 7.47. The molecule has 2 atom stereocenters. The van der Waals surface area contributed by atoms with Crippen LogP contribution in [0.2, 0.25) is 0 Å². The molecule has 4 heterocycles. The summed E-state index contributed by atoms with van der Waals surface area (Å²) in [5.74, 6) is 7.26. The van der Waals surface area contributed by atoms with Gasteiger partial charge >= 0.3 is 6.09 Å². The summed E-state index contributed by atoms with van der Waals surface area (Å²) in [6, 6.07) is 18.5. The molecule has 6 rings (SSSR count). The first kappa shape index (κ1) is 24.9. The Bertz CT molecular complexity index is 1700. The third-order valence-corrected chi connectivity index (χ3v) is 7.46. The maximum Gasteiger partial charge on any atom is 0.409 e. The number of rotatable bonds is 5. The number of nitrogens with one attached hydrogen (secondary N) is 2. The Balaban J connectivity index is 1.16. The maximum absolute atomic E-state index is 11.8. The number of thiophene rings is 1. The molecular formula is C29H27N7O2S. The fourth-order valence-electron chi connectivity index (χ4n) is 4.51. The van der Waals surface area contributed by atoms with Crippen LogP contribution in [0.5, 0.6) is 0 Å². The van der Waals surface area contributed by atoms with Crippen molar-refractivity contribution < 1.29 is 9.53 Å². The molecule has 9 nitrogen and oxygen atoms in total. The Kier molecular flexibility index (Phi) is 6.84. The van der Waals surface area contributed by atoms with Crippen LogP contribution in [0.25, 0.3) is 21.1 Å². The lowest BCUT2D eigenvalue weighted by Crippen LogP contribution is -2.29. The van der Waals surface area contributed by atoms with E-state index >= 15 is 0 Å². The van der Waals surface area contributed by atoms with Gasteiger partial charge in [-0.15, -0.1) is 11.3 Å². The van der Waals surface area contributed by atoms with Crippen LogP contribution in [0, 0.1) is 11.8 Å². The predicted molar refractivity (Wildman–Crippen MR) is 153 cm³/mol. The Morgan fingerprint density at radius 3 is 2.92 bits per heavy atom. The minimum absolute atomic E-state index is 0.0339. The van der Waals surface area contributed by atoms with Crippen molar-refractivity contribution >= 4 is 50.1 Å². The van der Waals surface area contributed by atoms with E-state index in [0.29, 0.717) is 13.0 Å². The number of carbonyl (C=O) groups is 1. The smallest absolute Gasteiger partial charge is 0.409 e. The summed E-state index contributed by atoms with van der Waals surface area (Å²) >= 11 is 1.53. The lowest BCUT2D eigenvalue weighted by molar-refractivity contribution is 0.0826. The summed E-state index contributed by atoms with van der Waals surface area (Å²) in [6.45, 7) is 1.32. The number of nitrogens with zero attached hydrogens (tertiary/aromatic N) is 5. The highest BCUT2D eigenvalue weighted by Crippen LogP contribution is 2.30. The van der Waals surface area contributed by atoms with E-state index in [1.165, 1.54) is 21.8 Å². The van der Waals surface area contributed by atoms with Crippen LogP contribution in [0.1, 0.15) is 16.9 Å². The van der Waals surface area contributed by atoms with Gasteiger partial charge in [0.15, 0.2) is 0 Å². The molecule has 0 radical (unpaired) electrons. The van der Waals surface area contributed by atoms with Crippen LogP contribution in [0.15, 0.2) is 67.1 Å². The molecule has 39 heavy (non-hydrogen) atoms. The number of anilines is 2. The molecule has 1 saturated heterocycles. The summed E-state index contributed by atoms with van der Waals surface area (Å²) in [7, 11) is 3.35. The zero-order valence-corrected chi connectivity index (χ0v) is 22.4. The average Bonchev–Trinajstić information content (AvgIpc) is 3.67. The maximum atomic E-state index is 11.8. The molecule has 0 unspecified atom stereocenters. The Hall–Kier alpha value is -4.46. The number of fused-ring (bicyclic) bond motifs is 2. The third-order valence-electron chi connectivity index (χ3n) is 6.50. The second kappa shape index (κ2) is 10.7. The molecule has 0 saturated carbocycles. The van der Waals surface area contributed by atoms with Crippen molar-refractivity contribution in [3.63, 3.8) is 0 Å². The number of aromatic nitrogens is 4. The molecule has 10 heteroatoms. The van der Waals surface area contributed by atoms with Crippen LogP contribution >= 0.6 is 11.3 Å². The Morgan fingerprint density at radius 2 is 2.08 bits per heavy atom. The van der Waals surface area contributed by atoms with Gasteiger partial charge in [-0.05, 0) is 29.8 Å². The second-order valence-corrected chi connectivity index (χ2v) is 10.6. The van der Waals surface area contributed by atoms with E-state index in [2.05, 4.69) is 61.8 Å². The lowest BCUT2D eigenvalue weighted by atomic mass is 10.2. The molecule has 1 aliphatic rings. The number of carbonyl (C=O) groups excluding carboxylic acids is 1. The third kappa shape index (κ3) is 5.55. The highest BCUT2D eigenvalue weighted by Gasteiger charge is 2.26. The van der Waals surface area contributed by atoms with Crippen LogP contribution in [0.4, 0.5) is 16.3 Å². The minimum atomic E-state index is -0.335. The van der Waals surface area contributed by atoms with E-state index in [-0.39, 0.29) is 18.2 Å².